The molecule has 8 nitrogen and oxygen atoms in total. The number of carbonyl (C=O) groups excluding carboxylic acids is 2. The maximum Gasteiger partial charge on any atom is 0.253 e. The van der Waals surface area contributed by atoms with Gasteiger partial charge in [-0.15, -0.1) is 0 Å². The molecule has 1 saturated carbocycles. The molecule has 2 amide bonds. The maximum absolute atomic E-state index is 12.7. The summed E-state index contributed by atoms with van der Waals surface area (Å²) >= 11 is 0. The van der Waals surface area contributed by atoms with Gasteiger partial charge in [-0.3, -0.25) is 9.59 Å². The topological polar surface area (TPSA) is 114 Å². The van der Waals surface area contributed by atoms with Gasteiger partial charge in [-0.05, 0) is 49.2 Å². The molecule has 32 heavy (non-hydrogen) atoms. The summed E-state index contributed by atoms with van der Waals surface area (Å²) in [6.45, 7) is -0.0728. The Morgan fingerprint density at radius 1 is 1.00 bits per heavy atom. The molecule has 1 fully saturated rings. The minimum atomic E-state index is -3.74. The highest BCUT2D eigenvalue weighted by Gasteiger charge is 2.19. The Bertz CT molecular complexity index is 1030. The number of ether oxygens (including phenoxy) is 1. The lowest BCUT2D eigenvalue weighted by atomic mass is 9.95. The summed E-state index contributed by atoms with van der Waals surface area (Å²) in [5.41, 5.74) is 0.800. The molecule has 3 rings (SSSR count). The first-order chi connectivity index (χ1) is 15.4. The fraction of sp³-hybridized carbons (Fsp3) is 0.391. The maximum atomic E-state index is 12.7. The van der Waals surface area contributed by atoms with E-state index < -0.39 is 10.0 Å². The van der Waals surface area contributed by atoms with Crippen LogP contribution in [0, 0.1) is 0 Å². The van der Waals surface area contributed by atoms with Crippen molar-refractivity contribution in [2.45, 2.75) is 49.5 Å². The van der Waals surface area contributed by atoms with Crippen molar-refractivity contribution in [3.63, 3.8) is 0 Å². The van der Waals surface area contributed by atoms with E-state index in [9.17, 15) is 18.0 Å². The van der Waals surface area contributed by atoms with Gasteiger partial charge in [0.15, 0.2) is 0 Å². The smallest absolute Gasteiger partial charge is 0.253 e. The molecule has 2 aromatic rings. The quantitative estimate of drug-likeness (QED) is 0.533. The Balaban J connectivity index is 1.54. The average Bonchev–Trinajstić information content (AvgIpc) is 2.80. The Labute approximate surface area is 188 Å². The fourth-order valence-electron chi connectivity index (χ4n) is 3.65. The summed E-state index contributed by atoms with van der Waals surface area (Å²) in [6, 6.07) is 12.9. The molecule has 1 aliphatic carbocycles. The van der Waals surface area contributed by atoms with Crippen molar-refractivity contribution < 1.29 is 22.7 Å². The highest BCUT2D eigenvalue weighted by atomic mass is 32.2. The van der Waals surface area contributed by atoms with Crippen LogP contribution in [0.2, 0.25) is 0 Å². The lowest BCUT2D eigenvalue weighted by molar-refractivity contribution is -0.116. The van der Waals surface area contributed by atoms with Gasteiger partial charge in [-0.25, -0.2) is 13.1 Å². The first-order valence-corrected chi connectivity index (χ1v) is 12.2. The number of hydrogen-bond donors (Lipinski definition) is 3. The molecule has 9 heteroatoms. The number of carbonyl (C=O) groups is 2. The van der Waals surface area contributed by atoms with Gasteiger partial charge in [0.05, 0.1) is 23.3 Å². The summed E-state index contributed by atoms with van der Waals surface area (Å²) in [5.74, 6) is -0.0529. The van der Waals surface area contributed by atoms with E-state index in [1.165, 1.54) is 25.7 Å². The molecule has 3 N–H and O–H groups in total. The molecule has 0 aromatic heterocycles. The van der Waals surface area contributed by atoms with Crippen LogP contribution in [0.15, 0.2) is 53.4 Å². The second-order valence-electron chi connectivity index (χ2n) is 7.73. The Hall–Kier alpha value is -2.91. The lowest BCUT2D eigenvalue weighted by Crippen LogP contribution is -2.36. The molecule has 2 aromatic carbocycles. The number of amides is 2. The van der Waals surface area contributed by atoms with Crippen molar-refractivity contribution in [3.05, 3.63) is 54.1 Å². The minimum absolute atomic E-state index is 0.0728. The normalized spacial score (nSPS) is 14.5. The third-order valence-corrected chi connectivity index (χ3v) is 6.88. The van der Waals surface area contributed by atoms with Crippen LogP contribution in [-0.4, -0.2) is 39.9 Å². The van der Waals surface area contributed by atoms with Gasteiger partial charge >= 0.3 is 0 Å². The zero-order valence-electron chi connectivity index (χ0n) is 18.1. The molecule has 0 bridgehead atoms. The SMILES string of the molecule is COc1ccc(S(=O)(=O)NCCC(=O)Nc2ccccc2C(=O)NC2CCCCC2)cc1. The van der Waals surface area contributed by atoms with Crippen molar-refractivity contribution in [3.8, 4) is 5.75 Å². The number of sulfonamides is 1. The van der Waals surface area contributed by atoms with E-state index in [-0.39, 0.29) is 35.7 Å². The highest BCUT2D eigenvalue weighted by Crippen LogP contribution is 2.20. The second-order valence-corrected chi connectivity index (χ2v) is 9.49. The Morgan fingerprint density at radius 2 is 1.69 bits per heavy atom. The molecule has 0 atom stereocenters. The second kappa shape index (κ2) is 11.1. The number of nitrogens with one attached hydrogen (secondary N) is 3. The van der Waals surface area contributed by atoms with Gasteiger partial charge in [0.1, 0.15) is 5.75 Å². The number of para-hydroxylation sites is 1. The highest BCUT2D eigenvalue weighted by molar-refractivity contribution is 7.89. The molecule has 172 valence electrons. The molecular weight excluding hydrogens is 430 g/mol. The molecule has 0 aliphatic heterocycles. The van der Waals surface area contributed by atoms with Crippen molar-refractivity contribution >= 4 is 27.5 Å². The summed E-state index contributed by atoms with van der Waals surface area (Å²) in [6.07, 6.45) is 5.27. The Kier molecular flexibility index (Phi) is 8.24. The van der Waals surface area contributed by atoms with Crippen LogP contribution in [0.4, 0.5) is 5.69 Å². The zero-order valence-corrected chi connectivity index (χ0v) is 18.9. The first-order valence-electron chi connectivity index (χ1n) is 10.7. The third kappa shape index (κ3) is 6.54. The van der Waals surface area contributed by atoms with Gasteiger partial charge in [0.2, 0.25) is 15.9 Å². The number of anilines is 1. The molecule has 0 spiro atoms. The minimum Gasteiger partial charge on any atom is -0.497 e. The van der Waals surface area contributed by atoms with E-state index in [1.807, 2.05) is 0 Å². The lowest BCUT2D eigenvalue weighted by Gasteiger charge is -2.23. The van der Waals surface area contributed by atoms with Gasteiger partial charge < -0.3 is 15.4 Å². The molecule has 0 heterocycles. The summed E-state index contributed by atoms with van der Waals surface area (Å²) in [4.78, 5) is 25.2. The third-order valence-electron chi connectivity index (χ3n) is 5.40. The standard InChI is InChI=1S/C23H29N3O5S/c1-31-18-11-13-19(14-12-18)32(29,30)24-16-15-22(27)26-21-10-6-5-9-20(21)23(28)25-17-7-3-2-4-8-17/h5-6,9-14,17,24H,2-4,7-8,15-16H2,1H3,(H,25,28)(H,26,27). The predicted molar refractivity (Wildman–Crippen MR) is 122 cm³/mol. The predicted octanol–water partition coefficient (Wildman–Crippen LogP) is 3.06. The van der Waals surface area contributed by atoms with Crippen LogP contribution in [0.1, 0.15) is 48.9 Å². The number of hydrogen-bond acceptors (Lipinski definition) is 5. The van der Waals surface area contributed by atoms with Gasteiger partial charge in [0.25, 0.3) is 5.91 Å². The monoisotopic (exact) mass is 459 g/mol. The summed E-state index contributed by atoms with van der Waals surface area (Å²) in [7, 11) is -2.24. The van der Waals surface area contributed by atoms with Gasteiger partial charge in [-0.1, -0.05) is 31.4 Å². The first kappa shape index (κ1) is 23.7. The van der Waals surface area contributed by atoms with Crippen LogP contribution >= 0.6 is 0 Å². The molecule has 0 saturated heterocycles. The van der Waals surface area contributed by atoms with Crippen LogP contribution in [0.3, 0.4) is 0 Å². The van der Waals surface area contributed by atoms with E-state index in [0.29, 0.717) is 17.0 Å². The molecular formula is C23H29N3O5S. The summed E-state index contributed by atoms with van der Waals surface area (Å²) in [5, 5.41) is 5.77. The van der Waals surface area contributed by atoms with Crippen LogP contribution < -0.4 is 20.1 Å². The van der Waals surface area contributed by atoms with E-state index in [0.717, 1.165) is 25.7 Å². The zero-order chi connectivity index (χ0) is 23.0. The summed E-state index contributed by atoms with van der Waals surface area (Å²) < 4.78 is 32.2. The van der Waals surface area contributed by atoms with Gasteiger partial charge in [0, 0.05) is 19.0 Å². The number of benzene rings is 2. The molecule has 0 unspecified atom stereocenters. The van der Waals surface area contributed by atoms with Crippen LogP contribution in [0.25, 0.3) is 0 Å². The van der Waals surface area contributed by atoms with E-state index in [2.05, 4.69) is 15.4 Å². The van der Waals surface area contributed by atoms with Crippen molar-refractivity contribution in [1.82, 2.24) is 10.0 Å². The fourth-order valence-corrected chi connectivity index (χ4v) is 4.68. The van der Waals surface area contributed by atoms with Crippen molar-refractivity contribution in [1.29, 1.82) is 0 Å². The van der Waals surface area contributed by atoms with E-state index >= 15 is 0 Å². The van der Waals surface area contributed by atoms with E-state index in [4.69, 9.17) is 4.74 Å². The van der Waals surface area contributed by atoms with Crippen LogP contribution in [0.5, 0.6) is 5.75 Å². The largest absolute Gasteiger partial charge is 0.497 e. The van der Waals surface area contributed by atoms with Crippen molar-refractivity contribution in [2.75, 3.05) is 19.0 Å². The number of methoxy groups -OCH3 is 1. The van der Waals surface area contributed by atoms with Crippen molar-refractivity contribution in [2.24, 2.45) is 0 Å². The van der Waals surface area contributed by atoms with E-state index in [1.54, 1.807) is 36.4 Å². The van der Waals surface area contributed by atoms with Gasteiger partial charge in [-0.2, -0.15) is 0 Å². The Morgan fingerprint density at radius 3 is 2.38 bits per heavy atom. The number of rotatable bonds is 9. The van der Waals surface area contributed by atoms with Crippen LogP contribution in [-0.2, 0) is 14.8 Å². The molecule has 1 aliphatic rings. The average molecular weight is 460 g/mol. The molecule has 0 radical (unpaired) electrons.